The molecular weight excluding hydrogens is 306 g/mol. The molecule has 2 rings (SSSR count). The van der Waals surface area contributed by atoms with E-state index in [1.165, 1.54) is 30.4 Å². The number of nitrogens with zero attached hydrogens (tertiary/aromatic N) is 2. The third-order valence-corrected chi connectivity index (χ3v) is 4.70. The monoisotopic (exact) mass is 327 g/mol. The summed E-state index contributed by atoms with van der Waals surface area (Å²) in [4.78, 5) is 12.1. The smallest absolute Gasteiger partial charge is 0.283 e. The Morgan fingerprint density at radius 1 is 1.47 bits per heavy atom. The van der Waals surface area contributed by atoms with Gasteiger partial charge in [0.05, 0.1) is 11.9 Å². The molecule has 0 saturated heterocycles. The summed E-state index contributed by atoms with van der Waals surface area (Å²) in [6, 6.07) is 0. The molecule has 0 aromatic carbocycles. The minimum absolute atomic E-state index is 0.0524. The van der Waals surface area contributed by atoms with Gasteiger partial charge in [0.1, 0.15) is 4.47 Å². The summed E-state index contributed by atoms with van der Waals surface area (Å²) in [7, 11) is 0. The summed E-state index contributed by atoms with van der Waals surface area (Å²) in [6.45, 7) is 5.92. The second-order valence-corrected chi connectivity index (χ2v) is 6.56. The Kier molecular flexibility index (Phi) is 4.66. The van der Waals surface area contributed by atoms with E-state index in [1.54, 1.807) is 6.20 Å². The van der Waals surface area contributed by atoms with Crippen LogP contribution in [0.2, 0.25) is 0 Å². The second-order valence-electron chi connectivity index (χ2n) is 5.77. The second kappa shape index (κ2) is 6.07. The van der Waals surface area contributed by atoms with Crippen molar-refractivity contribution in [2.24, 2.45) is 5.41 Å². The third kappa shape index (κ3) is 3.38. The minimum atomic E-state index is -0.0524. The Morgan fingerprint density at radius 3 is 2.79 bits per heavy atom. The SMILES string of the molecule is CCCn1ncc(NCC2(C)CCCC2)c(Br)c1=O. The predicted molar refractivity (Wildman–Crippen MR) is 81.6 cm³/mol. The molecule has 0 aliphatic heterocycles. The van der Waals surface area contributed by atoms with E-state index in [0.717, 1.165) is 18.7 Å². The van der Waals surface area contributed by atoms with E-state index in [9.17, 15) is 4.79 Å². The van der Waals surface area contributed by atoms with Crippen molar-refractivity contribution >= 4 is 21.6 Å². The van der Waals surface area contributed by atoms with E-state index in [2.05, 4.69) is 33.3 Å². The fourth-order valence-electron chi connectivity index (χ4n) is 2.67. The summed E-state index contributed by atoms with van der Waals surface area (Å²) in [6.07, 6.45) is 7.81. The zero-order valence-corrected chi connectivity index (χ0v) is 13.3. The Hall–Kier alpha value is -0.840. The van der Waals surface area contributed by atoms with Crippen LogP contribution in [0.15, 0.2) is 15.5 Å². The van der Waals surface area contributed by atoms with Gasteiger partial charge >= 0.3 is 0 Å². The molecule has 1 aliphatic rings. The molecule has 1 aliphatic carbocycles. The van der Waals surface area contributed by atoms with E-state index in [4.69, 9.17) is 0 Å². The van der Waals surface area contributed by atoms with Crippen molar-refractivity contribution in [2.45, 2.75) is 52.5 Å². The van der Waals surface area contributed by atoms with Gasteiger partial charge in [-0.3, -0.25) is 4.79 Å². The van der Waals surface area contributed by atoms with Crippen molar-refractivity contribution in [2.75, 3.05) is 11.9 Å². The van der Waals surface area contributed by atoms with Crippen LogP contribution in [0.4, 0.5) is 5.69 Å². The lowest BCUT2D eigenvalue weighted by Gasteiger charge is -2.24. The Morgan fingerprint density at radius 2 is 2.16 bits per heavy atom. The van der Waals surface area contributed by atoms with Crippen LogP contribution < -0.4 is 10.9 Å². The largest absolute Gasteiger partial charge is 0.382 e. The number of anilines is 1. The third-order valence-electron chi connectivity index (χ3n) is 3.94. The van der Waals surface area contributed by atoms with E-state index in [-0.39, 0.29) is 5.56 Å². The maximum absolute atomic E-state index is 12.1. The molecule has 0 amide bonds. The van der Waals surface area contributed by atoms with Gasteiger partial charge < -0.3 is 5.32 Å². The lowest BCUT2D eigenvalue weighted by molar-refractivity contribution is 0.362. The molecule has 1 N–H and O–H groups in total. The Labute approximate surface area is 122 Å². The first-order valence-corrected chi connectivity index (χ1v) is 7.84. The number of aryl methyl sites for hydroxylation is 1. The molecule has 19 heavy (non-hydrogen) atoms. The first kappa shape index (κ1) is 14.6. The van der Waals surface area contributed by atoms with Gasteiger partial charge in [-0.05, 0) is 40.6 Å². The van der Waals surface area contributed by atoms with Crippen molar-refractivity contribution in [3.63, 3.8) is 0 Å². The number of hydrogen-bond donors (Lipinski definition) is 1. The van der Waals surface area contributed by atoms with Crippen molar-refractivity contribution in [3.05, 3.63) is 21.0 Å². The van der Waals surface area contributed by atoms with Gasteiger partial charge in [0.25, 0.3) is 5.56 Å². The van der Waals surface area contributed by atoms with Gasteiger partial charge in [0.15, 0.2) is 0 Å². The zero-order chi connectivity index (χ0) is 13.9. The first-order valence-electron chi connectivity index (χ1n) is 7.05. The average molecular weight is 328 g/mol. The van der Waals surface area contributed by atoms with Crippen LogP contribution in [-0.4, -0.2) is 16.3 Å². The van der Waals surface area contributed by atoms with Crippen molar-refractivity contribution in [3.8, 4) is 0 Å². The van der Waals surface area contributed by atoms with E-state index >= 15 is 0 Å². The van der Waals surface area contributed by atoms with Crippen molar-refractivity contribution in [1.29, 1.82) is 0 Å². The minimum Gasteiger partial charge on any atom is -0.382 e. The van der Waals surface area contributed by atoms with Crippen LogP contribution in [0.25, 0.3) is 0 Å². The Balaban J connectivity index is 2.09. The summed E-state index contributed by atoms with van der Waals surface area (Å²) < 4.78 is 2.10. The zero-order valence-electron chi connectivity index (χ0n) is 11.7. The molecule has 4 nitrogen and oxygen atoms in total. The van der Waals surface area contributed by atoms with Crippen LogP contribution in [0.5, 0.6) is 0 Å². The van der Waals surface area contributed by atoms with Gasteiger partial charge in [-0.1, -0.05) is 26.7 Å². The highest BCUT2D eigenvalue weighted by molar-refractivity contribution is 9.10. The van der Waals surface area contributed by atoms with Gasteiger partial charge in [-0.15, -0.1) is 0 Å². The van der Waals surface area contributed by atoms with Crippen LogP contribution in [0.3, 0.4) is 0 Å². The van der Waals surface area contributed by atoms with Gasteiger partial charge in [0, 0.05) is 13.1 Å². The molecule has 1 aromatic heterocycles. The van der Waals surface area contributed by atoms with Crippen LogP contribution >= 0.6 is 15.9 Å². The highest BCUT2D eigenvalue weighted by Crippen LogP contribution is 2.37. The molecule has 1 aromatic rings. The summed E-state index contributed by atoms with van der Waals surface area (Å²) in [5, 5.41) is 7.59. The van der Waals surface area contributed by atoms with Crippen LogP contribution in [0.1, 0.15) is 46.0 Å². The Bertz CT molecular complexity index is 492. The molecule has 5 heteroatoms. The molecule has 0 radical (unpaired) electrons. The number of hydrogen-bond acceptors (Lipinski definition) is 3. The van der Waals surface area contributed by atoms with E-state index < -0.39 is 0 Å². The molecule has 1 saturated carbocycles. The number of aromatic nitrogens is 2. The van der Waals surface area contributed by atoms with Crippen molar-refractivity contribution < 1.29 is 0 Å². The fraction of sp³-hybridized carbons (Fsp3) is 0.714. The molecule has 0 atom stereocenters. The molecule has 0 spiro atoms. The molecular formula is C14H22BrN3O. The standard InChI is InChI=1S/C14H22BrN3O/c1-3-8-18-13(19)12(15)11(9-17-18)16-10-14(2)6-4-5-7-14/h9,16H,3-8,10H2,1-2H3. The summed E-state index contributed by atoms with van der Waals surface area (Å²) in [5.74, 6) is 0. The summed E-state index contributed by atoms with van der Waals surface area (Å²) >= 11 is 3.39. The van der Waals surface area contributed by atoms with Gasteiger partial charge in [-0.2, -0.15) is 5.10 Å². The fourth-order valence-corrected chi connectivity index (χ4v) is 3.12. The highest BCUT2D eigenvalue weighted by atomic mass is 79.9. The van der Waals surface area contributed by atoms with E-state index in [1.807, 2.05) is 6.92 Å². The van der Waals surface area contributed by atoms with Crippen molar-refractivity contribution in [1.82, 2.24) is 9.78 Å². The highest BCUT2D eigenvalue weighted by Gasteiger charge is 2.28. The first-order chi connectivity index (χ1) is 9.06. The topological polar surface area (TPSA) is 46.9 Å². The van der Waals surface area contributed by atoms with Crippen LogP contribution in [-0.2, 0) is 6.54 Å². The maximum Gasteiger partial charge on any atom is 0.283 e. The molecule has 1 heterocycles. The van der Waals surface area contributed by atoms with Gasteiger partial charge in [0.2, 0.25) is 0 Å². The normalized spacial score (nSPS) is 17.6. The lowest BCUT2D eigenvalue weighted by atomic mass is 9.89. The number of halogens is 1. The average Bonchev–Trinajstić information content (AvgIpc) is 2.82. The molecule has 1 fully saturated rings. The number of rotatable bonds is 5. The van der Waals surface area contributed by atoms with E-state index in [0.29, 0.717) is 16.4 Å². The quantitative estimate of drug-likeness (QED) is 0.901. The number of nitrogens with one attached hydrogen (secondary N) is 1. The summed E-state index contributed by atoms with van der Waals surface area (Å²) in [5.41, 5.74) is 1.12. The predicted octanol–water partition coefficient (Wildman–Crippen LogP) is 3.41. The van der Waals surface area contributed by atoms with Gasteiger partial charge in [-0.25, -0.2) is 4.68 Å². The molecule has 106 valence electrons. The molecule has 0 bridgehead atoms. The lowest BCUT2D eigenvalue weighted by Crippen LogP contribution is -2.27. The molecule has 0 unspecified atom stereocenters. The maximum atomic E-state index is 12.1. The van der Waals surface area contributed by atoms with Crippen LogP contribution in [0, 0.1) is 5.41 Å².